The second-order valence-electron chi connectivity index (χ2n) is 5.18. The summed E-state index contributed by atoms with van der Waals surface area (Å²) in [5.74, 6) is -0.101. The Morgan fingerprint density at radius 2 is 2.33 bits per heavy atom. The molecule has 0 unspecified atom stereocenters. The van der Waals surface area contributed by atoms with Crippen molar-refractivity contribution < 1.29 is 4.79 Å². The number of aromatic nitrogens is 3. The number of nitrogens with zero attached hydrogens (tertiary/aromatic N) is 2. The lowest BCUT2D eigenvalue weighted by Gasteiger charge is -2.05. The molecule has 2 N–H and O–H groups in total. The minimum Gasteiger partial charge on any atom is -0.347 e. The van der Waals surface area contributed by atoms with E-state index in [1.54, 1.807) is 11.3 Å². The number of aromatic amines is 1. The molecule has 3 aromatic rings. The van der Waals surface area contributed by atoms with Crippen molar-refractivity contribution in [1.82, 2.24) is 20.5 Å². The molecule has 0 saturated carbocycles. The molecule has 0 fully saturated rings. The zero-order valence-electron chi connectivity index (χ0n) is 11.3. The van der Waals surface area contributed by atoms with Crippen LogP contribution in [0.3, 0.4) is 0 Å². The third-order valence-corrected chi connectivity index (χ3v) is 4.82. The van der Waals surface area contributed by atoms with E-state index in [4.69, 9.17) is 0 Å². The molecule has 2 aromatic heterocycles. The Labute approximate surface area is 125 Å². The molecule has 0 saturated heterocycles. The van der Waals surface area contributed by atoms with Crippen molar-refractivity contribution in [1.29, 1.82) is 0 Å². The standard InChI is InChI=1S/C15H14N4OS/c20-15(13-10-4-2-5-11(10)18-19-13)16-7-9-3-1-6-12-14(9)21-8-17-12/h1,3,6,8H,2,4-5,7H2,(H,16,20)(H,18,19). The average Bonchev–Trinajstić information content (AvgIpc) is 3.19. The van der Waals surface area contributed by atoms with E-state index in [0.717, 1.165) is 46.3 Å². The molecule has 1 aliphatic rings. The van der Waals surface area contributed by atoms with Crippen LogP contribution in [-0.4, -0.2) is 21.1 Å². The van der Waals surface area contributed by atoms with E-state index < -0.39 is 0 Å². The molecular weight excluding hydrogens is 284 g/mol. The number of amides is 1. The molecule has 1 aliphatic carbocycles. The number of nitrogens with one attached hydrogen (secondary N) is 2. The molecule has 0 spiro atoms. The number of H-pyrrole nitrogens is 1. The molecule has 106 valence electrons. The Kier molecular flexibility index (Phi) is 2.96. The number of carbonyl (C=O) groups excluding carboxylic acids is 1. The Hall–Kier alpha value is -2.21. The van der Waals surface area contributed by atoms with Gasteiger partial charge < -0.3 is 5.32 Å². The number of rotatable bonds is 3. The molecule has 2 heterocycles. The lowest BCUT2D eigenvalue weighted by Crippen LogP contribution is -2.24. The molecule has 0 atom stereocenters. The molecule has 4 rings (SSSR count). The van der Waals surface area contributed by atoms with Crippen molar-refractivity contribution >= 4 is 27.5 Å². The maximum absolute atomic E-state index is 12.3. The fraction of sp³-hybridized carbons (Fsp3) is 0.267. The van der Waals surface area contributed by atoms with E-state index in [0.29, 0.717) is 12.2 Å². The van der Waals surface area contributed by atoms with Gasteiger partial charge in [-0.15, -0.1) is 11.3 Å². The van der Waals surface area contributed by atoms with Gasteiger partial charge >= 0.3 is 0 Å². The van der Waals surface area contributed by atoms with Crippen LogP contribution < -0.4 is 5.32 Å². The predicted octanol–water partition coefficient (Wildman–Crippen LogP) is 2.44. The van der Waals surface area contributed by atoms with Crippen molar-refractivity contribution in [2.24, 2.45) is 0 Å². The van der Waals surface area contributed by atoms with E-state index in [-0.39, 0.29) is 5.91 Å². The maximum Gasteiger partial charge on any atom is 0.272 e. The summed E-state index contributed by atoms with van der Waals surface area (Å²) < 4.78 is 1.13. The van der Waals surface area contributed by atoms with E-state index in [1.807, 2.05) is 23.7 Å². The first-order chi connectivity index (χ1) is 10.3. The van der Waals surface area contributed by atoms with Crippen molar-refractivity contribution in [2.45, 2.75) is 25.8 Å². The first-order valence-corrected chi connectivity index (χ1v) is 7.86. The smallest absolute Gasteiger partial charge is 0.272 e. The lowest BCUT2D eigenvalue weighted by atomic mass is 10.1. The van der Waals surface area contributed by atoms with Crippen LogP contribution in [0, 0.1) is 0 Å². The number of hydrogen-bond donors (Lipinski definition) is 2. The Balaban J connectivity index is 1.54. The number of carbonyl (C=O) groups is 1. The Morgan fingerprint density at radius 1 is 1.38 bits per heavy atom. The maximum atomic E-state index is 12.3. The largest absolute Gasteiger partial charge is 0.347 e. The number of aryl methyl sites for hydroxylation is 1. The van der Waals surface area contributed by atoms with Crippen molar-refractivity contribution in [3.8, 4) is 0 Å². The van der Waals surface area contributed by atoms with Gasteiger partial charge in [-0.2, -0.15) is 5.10 Å². The second kappa shape index (κ2) is 4.96. The van der Waals surface area contributed by atoms with Crippen LogP contribution >= 0.6 is 11.3 Å². The van der Waals surface area contributed by atoms with Gasteiger partial charge in [0.05, 0.1) is 15.7 Å². The minimum absolute atomic E-state index is 0.101. The van der Waals surface area contributed by atoms with Crippen LogP contribution in [0.4, 0.5) is 0 Å². The molecule has 0 radical (unpaired) electrons. The summed E-state index contributed by atoms with van der Waals surface area (Å²) in [4.78, 5) is 16.6. The van der Waals surface area contributed by atoms with Gasteiger partial charge in [-0.3, -0.25) is 9.89 Å². The van der Waals surface area contributed by atoms with Crippen LogP contribution in [0.5, 0.6) is 0 Å². The SMILES string of the molecule is O=C(NCc1cccc2ncsc12)c1n[nH]c2c1CCC2. The molecule has 0 aliphatic heterocycles. The van der Waals surface area contributed by atoms with Crippen molar-refractivity contribution in [3.05, 3.63) is 46.2 Å². The van der Waals surface area contributed by atoms with E-state index in [9.17, 15) is 4.79 Å². The highest BCUT2D eigenvalue weighted by Gasteiger charge is 2.22. The summed E-state index contributed by atoms with van der Waals surface area (Å²) >= 11 is 1.60. The van der Waals surface area contributed by atoms with Crippen LogP contribution in [0.1, 0.15) is 33.7 Å². The Morgan fingerprint density at radius 3 is 3.29 bits per heavy atom. The molecule has 21 heavy (non-hydrogen) atoms. The highest BCUT2D eigenvalue weighted by atomic mass is 32.1. The first-order valence-electron chi connectivity index (χ1n) is 6.98. The van der Waals surface area contributed by atoms with Crippen LogP contribution in [-0.2, 0) is 19.4 Å². The highest BCUT2D eigenvalue weighted by molar-refractivity contribution is 7.16. The fourth-order valence-corrected chi connectivity index (χ4v) is 3.66. The van der Waals surface area contributed by atoms with Crippen LogP contribution in [0.2, 0.25) is 0 Å². The molecule has 1 amide bonds. The second-order valence-corrected chi connectivity index (χ2v) is 6.04. The average molecular weight is 298 g/mol. The van der Waals surface area contributed by atoms with Gasteiger partial charge in [0, 0.05) is 17.8 Å². The van der Waals surface area contributed by atoms with Gasteiger partial charge in [0.2, 0.25) is 0 Å². The Bertz CT molecular complexity index is 820. The molecule has 1 aromatic carbocycles. The highest BCUT2D eigenvalue weighted by Crippen LogP contribution is 2.24. The summed E-state index contributed by atoms with van der Waals surface area (Å²) in [5.41, 5.74) is 6.66. The summed E-state index contributed by atoms with van der Waals surface area (Å²) in [7, 11) is 0. The number of benzene rings is 1. The first kappa shape index (κ1) is 12.5. The third kappa shape index (κ3) is 2.12. The van der Waals surface area contributed by atoms with Crippen LogP contribution in [0.25, 0.3) is 10.2 Å². The number of thiazole rings is 1. The quantitative estimate of drug-likeness (QED) is 0.780. The number of hydrogen-bond acceptors (Lipinski definition) is 4. The van der Waals surface area contributed by atoms with Crippen molar-refractivity contribution in [2.75, 3.05) is 0 Å². The zero-order chi connectivity index (χ0) is 14.2. The molecule has 6 heteroatoms. The van der Waals surface area contributed by atoms with Crippen LogP contribution in [0.15, 0.2) is 23.7 Å². The van der Waals surface area contributed by atoms with Gasteiger partial charge in [0.25, 0.3) is 5.91 Å². The minimum atomic E-state index is -0.101. The summed E-state index contributed by atoms with van der Waals surface area (Å²) in [6.07, 6.45) is 3.04. The monoisotopic (exact) mass is 298 g/mol. The van der Waals surface area contributed by atoms with Gasteiger partial charge in [-0.05, 0) is 30.9 Å². The zero-order valence-corrected chi connectivity index (χ0v) is 12.2. The van der Waals surface area contributed by atoms with Gasteiger partial charge in [-0.1, -0.05) is 12.1 Å². The number of fused-ring (bicyclic) bond motifs is 2. The fourth-order valence-electron chi connectivity index (χ4n) is 2.85. The topological polar surface area (TPSA) is 70.7 Å². The normalized spacial score (nSPS) is 13.5. The van der Waals surface area contributed by atoms with E-state index in [1.165, 1.54) is 0 Å². The van der Waals surface area contributed by atoms with Gasteiger partial charge in [0.15, 0.2) is 5.69 Å². The van der Waals surface area contributed by atoms with Gasteiger partial charge in [-0.25, -0.2) is 4.98 Å². The van der Waals surface area contributed by atoms with E-state index in [2.05, 4.69) is 20.5 Å². The lowest BCUT2D eigenvalue weighted by molar-refractivity contribution is 0.0945. The van der Waals surface area contributed by atoms with Crippen molar-refractivity contribution in [3.63, 3.8) is 0 Å². The molecular formula is C15H14N4OS. The molecule has 0 bridgehead atoms. The third-order valence-electron chi connectivity index (χ3n) is 3.90. The predicted molar refractivity (Wildman–Crippen MR) is 81.4 cm³/mol. The molecule has 5 nitrogen and oxygen atoms in total. The van der Waals surface area contributed by atoms with Gasteiger partial charge in [0.1, 0.15) is 0 Å². The van der Waals surface area contributed by atoms with E-state index >= 15 is 0 Å². The summed E-state index contributed by atoms with van der Waals surface area (Å²) in [5, 5.41) is 10.1. The summed E-state index contributed by atoms with van der Waals surface area (Å²) in [6, 6.07) is 5.98. The summed E-state index contributed by atoms with van der Waals surface area (Å²) in [6.45, 7) is 0.500.